The van der Waals surface area contributed by atoms with Crippen LogP contribution in [0.3, 0.4) is 0 Å². The number of halogens is 1. The number of aliphatic hydroxyl groups is 2. The molecule has 1 aliphatic carbocycles. The van der Waals surface area contributed by atoms with Crippen LogP contribution in [0.25, 0.3) is 0 Å². The van der Waals surface area contributed by atoms with Crippen LogP contribution in [0.2, 0.25) is 0 Å². The molecule has 164 valence electrons. The molecule has 9 heteroatoms. The quantitative estimate of drug-likeness (QED) is 0.516. The highest BCUT2D eigenvalue weighted by atomic mass is 32.1. The summed E-state index contributed by atoms with van der Waals surface area (Å²) in [5, 5.41) is 27.2. The van der Waals surface area contributed by atoms with E-state index in [1.54, 1.807) is 24.1 Å². The van der Waals surface area contributed by atoms with E-state index >= 15 is 0 Å². The minimum absolute atomic E-state index is 0.0715. The second kappa shape index (κ2) is 8.78. The maximum atomic E-state index is 13.4. The van der Waals surface area contributed by atoms with Crippen LogP contribution in [0.15, 0.2) is 48.5 Å². The van der Waals surface area contributed by atoms with Gasteiger partial charge in [-0.3, -0.25) is 4.79 Å². The Labute approximate surface area is 184 Å². The number of nitrogens with zero attached hydrogens (tertiary/aromatic N) is 1. The zero-order valence-corrected chi connectivity index (χ0v) is 17.7. The van der Waals surface area contributed by atoms with E-state index in [-0.39, 0.29) is 24.7 Å². The largest absolute Gasteiger partial charge is 0.496 e. The molecular weight excluding hydrogens is 421 g/mol. The van der Waals surface area contributed by atoms with Gasteiger partial charge in [-0.2, -0.15) is 0 Å². The molecule has 1 heterocycles. The number of para-hydroxylation sites is 1. The summed E-state index contributed by atoms with van der Waals surface area (Å²) in [5.41, 5.74) is 1.43. The molecule has 5 unspecified atom stereocenters. The second-order valence-electron chi connectivity index (χ2n) is 7.74. The lowest BCUT2D eigenvalue weighted by molar-refractivity contribution is -0.131. The molecule has 1 amide bonds. The van der Waals surface area contributed by atoms with Gasteiger partial charge in [0.1, 0.15) is 17.7 Å². The Morgan fingerprint density at radius 3 is 2.68 bits per heavy atom. The lowest BCUT2D eigenvalue weighted by Gasteiger charge is -2.41. The molecule has 0 spiro atoms. The third-order valence-corrected chi connectivity index (χ3v) is 6.25. The number of ether oxygens (including phenoxy) is 1. The number of nitrogens with one attached hydrogen (secondary N) is 2. The molecule has 1 aliphatic heterocycles. The average molecular weight is 446 g/mol. The van der Waals surface area contributed by atoms with Crippen LogP contribution in [0.1, 0.15) is 12.0 Å². The summed E-state index contributed by atoms with van der Waals surface area (Å²) < 4.78 is 18.8. The Balaban J connectivity index is 1.59. The van der Waals surface area contributed by atoms with Crippen molar-refractivity contribution in [3.63, 3.8) is 0 Å². The number of thiocarbonyl (C=S) groups is 1. The van der Waals surface area contributed by atoms with E-state index in [2.05, 4.69) is 10.6 Å². The van der Waals surface area contributed by atoms with E-state index in [4.69, 9.17) is 17.0 Å². The van der Waals surface area contributed by atoms with Crippen LogP contribution in [0.5, 0.6) is 5.75 Å². The van der Waals surface area contributed by atoms with Crippen molar-refractivity contribution in [1.29, 1.82) is 0 Å². The molecule has 0 bridgehead atoms. The maximum Gasteiger partial charge on any atom is 0.225 e. The van der Waals surface area contributed by atoms with Crippen LogP contribution in [0, 0.1) is 11.7 Å². The zero-order valence-electron chi connectivity index (χ0n) is 16.9. The predicted molar refractivity (Wildman–Crippen MR) is 117 cm³/mol. The summed E-state index contributed by atoms with van der Waals surface area (Å²) in [6.45, 7) is 0.254. The smallest absolute Gasteiger partial charge is 0.225 e. The van der Waals surface area contributed by atoms with Gasteiger partial charge in [0.25, 0.3) is 0 Å². The first-order valence-electron chi connectivity index (χ1n) is 10.0. The fraction of sp³-hybridized carbons (Fsp3) is 0.364. The van der Waals surface area contributed by atoms with Gasteiger partial charge >= 0.3 is 0 Å². The van der Waals surface area contributed by atoms with Gasteiger partial charge in [-0.05, 0) is 49.0 Å². The molecule has 4 N–H and O–H groups in total. The normalized spacial score (nSPS) is 27.4. The highest BCUT2D eigenvalue weighted by molar-refractivity contribution is 7.80. The van der Waals surface area contributed by atoms with Gasteiger partial charge in [0.2, 0.25) is 5.91 Å². The number of hydrogen-bond acceptors (Lipinski definition) is 5. The van der Waals surface area contributed by atoms with Crippen molar-refractivity contribution in [2.24, 2.45) is 5.92 Å². The van der Waals surface area contributed by atoms with Gasteiger partial charge in [0, 0.05) is 17.8 Å². The van der Waals surface area contributed by atoms with E-state index < -0.39 is 30.2 Å². The van der Waals surface area contributed by atoms with E-state index in [1.165, 1.54) is 12.1 Å². The van der Waals surface area contributed by atoms with Crippen LogP contribution in [0.4, 0.5) is 10.1 Å². The van der Waals surface area contributed by atoms with Crippen molar-refractivity contribution < 1.29 is 24.1 Å². The Kier molecular flexibility index (Phi) is 6.08. The molecule has 1 saturated carbocycles. The number of anilines is 1. The Morgan fingerprint density at radius 2 is 1.97 bits per heavy atom. The first-order chi connectivity index (χ1) is 14.9. The number of methoxy groups -OCH3 is 1. The standard InChI is InChI=1S/C22H24FN3O4S/c1-30-17-5-3-2-4-12(17)11-24-21(29)15-10-16(27)20(28)18-19(15)26(22(31)25-18)14-8-6-13(23)7-9-14/h2-9,15-16,18-20,27-28H,10-11H2,1H3,(H,24,29)(H,25,31). The molecule has 2 aromatic carbocycles. The van der Waals surface area contributed by atoms with Crippen LogP contribution >= 0.6 is 12.2 Å². The van der Waals surface area contributed by atoms with Crippen molar-refractivity contribution in [2.75, 3.05) is 12.0 Å². The molecular formula is C22H24FN3O4S. The summed E-state index contributed by atoms with van der Waals surface area (Å²) in [6.07, 6.45) is -2.10. The Hall–Kier alpha value is -2.75. The number of fused-ring (bicyclic) bond motifs is 1. The number of amides is 1. The van der Waals surface area contributed by atoms with Crippen molar-refractivity contribution in [3.05, 3.63) is 59.9 Å². The molecule has 1 saturated heterocycles. The average Bonchev–Trinajstić information content (AvgIpc) is 3.12. The zero-order chi connectivity index (χ0) is 22.1. The van der Waals surface area contributed by atoms with E-state index in [9.17, 15) is 19.4 Å². The number of rotatable bonds is 5. The number of hydrogen-bond donors (Lipinski definition) is 4. The lowest BCUT2D eigenvalue weighted by Crippen LogP contribution is -2.60. The molecule has 2 fully saturated rings. The minimum Gasteiger partial charge on any atom is -0.496 e. The second-order valence-corrected chi connectivity index (χ2v) is 8.13. The maximum absolute atomic E-state index is 13.4. The van der Waals surface area contributed by atoms with E-state index in [0.29, 0.717) is 16.5 Å². The van der Waals surface area contributed by atoms with Crippen molar-refractivity contribution in [2.45, 2.75) is 37.3 Å². The van der Waals surface area contributed by atoms with Crippen molar-refractivity contribution in [3.8, 4) is 5.75 Å². The Morgan fingerprint density at radius 1 is 1.26 bits per heavy atom. The van der Waals surface area contributed by atoms with Crippen LogP contribution in [-0.2, 0) is 11.3 Å². The molecule has 31 heavy (non-hydrogen) atoms. The van der Waals surface area contributed by atoms with E-state index in [0.717, 1.165) is 5.56 Å². The van der Waals surface area contributed by atoms with Gasteiger partial charge in [-0.25, -0.2) is 4.39 Å². The van der Waals surface area contributed by atoms with Crippen molar-refractivity contribution >= 4 is 28.9 Å². The van der Waals surface area contributed by atoms with Crippen molar-refractivity contribution in [1.82, 2.24) is 10.6 Å². The lowest BCUT2D eigenvalue weighted by atomic mass is 9.77. The number of aliphatic hydroxyl groups excluding tert-OH is 2. The van der Waals surface area contributed by atoms with Crippen LogP contribution in [-0.4, -0.2) is 52.6 Å². The van der Waals surface area contributed by atoms with Crippen LogP contribution < -0.4 is 20.3 Å². The number of carbonyl (C=O) groups excluding carboxylic acids is 1. The summed E-state index contributed by atoms with van der Waals surface area (Å²) in [5.74, 6) is -0.651. The molecule has 2 aromatic rings. The molecule has 0 aromatic heterocycles. The SMILES string of the molecule is COc1ccccc1CNC(=O)C1CC(O)C(O)C2NC(=S)N(c3ccc(F)cc3)C12. The van der Waals surface area contributed by atoms with Gasteiger partial charge in [0.05, 0.1) is 31.2 Å². The highest BCUT2D eigenvalue weighted by Gasteiger charge is 2.53. The van der Waals surface area contributed by atoms with Gasteiger partial charge in [-0.1, -0.05) is 18.2 Å². The van der Waals surface area contributed by atoms with Gasteiger partial charge in [0.15, 0.2) is 5.11 Å². The third-order valence-electron chi connectivity index (χ3n) is 5.93. The molecule has 0 radical (unpaired) electrons. The fourth-order valence-electron chi connectivity index (χ4n) is 4.41. The predicted octanol–water partition coefficient (Wildman–Crippen LogP) is 1.32. The molecule has 7 nitrogen and oxygen atoms in total. The summed E-state index contributed by atoms with van der Waals surface area (Å²) >= 11 is 5.46. The molecule has 2 aliphatic rings. The number of carbonyl (C=O) groups is 1. The van der Waals surface area contributed by atoms with Gasteiger partial charge < -0.3 is 30.5 Å². The summed E-state index contributed by atoms with van der Waals surface area (Å²) in [6, 6.07) is 12.0. The Bertz CT molecular complexity index is 973. The van der Waals surface area contributed by atoms with Gasteiger partial charge in [-0.15, -0.1) is 0 Å². The number of benzene rings is 2. The summed E-state index contributed by atoms with van der Waals surface area (Å²) in [4.78, 5) is 14.9. The molecule has 5 atom stereocenters. The third kappa shape index (κ3) is 4.08. The molecule has 4 rings (SSSR count). The summed E-state index contributed by atoms with van der Waals surface area (Å²) in [7, 11) is 1.57. The highest BCUT2D eigenvalue weighted by Crippen LogP contribution is 2.36. The first kappa shape index (κ1) is 21.5. The first-order valence-corrected chi connectivity index (χ1v) is 10.4. The minimum atomic E-state index is -1.09. The monoisotopic (exact) mass is 445 g/mol. The topological polar surface area (TPSA) is 94.1 Å². The fourth-order valence-corrected chi connectivity index (χ4v) is 4.77. The van der Waals surface area contributed by atoms with E-state index in [1.807, 2.05) is 24.3 Å².